The van der Waals surface area contributed by atoms with Crippen molar-refractivity contribution in [2.75, 3.05) is 23.9 Å². The van der Waals surface area contributed by atoms with E-state index >= 15 is 0 Å². The van der Waals surface area contributed by atoms with Gasteiger partial charge in [-0.1, -0.05) is 48.5 Å². The third-order valence-corrected chi connectivity index (χ3v) is 6.59. The van der Waals surface area contributed by atoms with Crippen LogP contribution in [-0.2, 0) is 14.6 Å². The fourth-order valence-corrected chi connectivity index (χ4v) is 4.54. The molecule has 9 heteroatoms. The Balaban J connectivity index is 1.66. The highest BCUT2D eigenvalue weighted by Crippen LogP contribution is 2.30. The standard InChI is InChI=1S/C25H24N4O4S/c1-29(19-13-12-17-14-15-27-24(26)20(17)16-19)23(18-8-4-3-5-9-18)25(30)28-33-21-10-6-7-11-22(21)34(2,31)32/h3-16,23H,1-2H3,(H2,26,27)(H,28,30). The zero-order valence-electron chi connectivity index (χ0n) is 18.7. The van der Waals surface area contributed by atoms with Gasteiger partial charge in [0.2, 0.25) is 0 Å². The first-order valence-electron chi connectivity index (χ1n) is 10.4. The number of anilines is 2. The number of rotatable bonds is 7. The minimum Gasteiger partial charge on any atom is -0.383 e. The number of likely N-dealkylation sites (N-methyl/N-ethyl adjacent to an activating group) is 1. The number of carbonyl (C=O) groups excluding carboxylic acids is 1. The minimum absolute atomic E-state index is 0.0163. The lowest BCUT2D eigenvalue weighted by Gasteiger charge is -2.29. The Hall–Kier alpha value is -4.11. The van der Waals surface area contributed by atoms with E-state index in [1.165, 1.54) is 12.1 Å². The number of nitrogen functional groups attached to an aromatic ring is 1. The van der Waals surface area contributed by atoms with E-state index in [-0.39, 0.29) is 10.6 Å². The molecule has 0 bridgehead atoms. The van der Waals surface area contributed by atoms with E-state index in [2.05, 4.69) is 10.5 Å². The number of fused-ring (bicyclic) bond motifs is 1. The summed E-state index contributed by atoms with van der Waals surface area (Å²) in [5.74, 6) is -0.0391. The Kier molecular flexibility index (Phi) is 6.38. The number of nitrogens with two attached hydrogens (primary N) is 1. The summed E-state index contributed by atoms with van der Waals surface area (Å²) in [6.07, 6.45) is 2.73. The number of aromatic nitrogens is 1. The molecule has 8 nitrogen and oxygen atoms in total. The maximum Gasteiger partial charge on any atom is 0.279 e. The highest BCUT2D eigenvalue weighted by molar-refractivity contribution is 7.90. The molecule has 0 spiro atoms. The second-order valence-electron chi connectivity index (χ2n) is 7.81. The molecule has 0 aliphatic heterocycles. The van der Waals surface area contributed by atoms with E-state index in [1.807, 2.05) is 54.6 Å². The molecule has 4 rings (SSSR count). The summed E-state index contributed by atoms with van der Waals surface area (Å²) in [5.41, 5.74) is 9.95. The zero-order chi connectivity index (χ0) is 24.3. The molecule has 1 aromatic heterocycles. The Morgan fingerprint density at radius 3 is 2.47 bits per heavy atom. The van der Waals surface area contributed by atoms with Gasteiger partial charge in [-0.05, 0) is 41.3 Å². The number of para-hydroxylation sites is 1. The van der Waals surface area contributed by atoms with Gasteiger partial charge in [-0.2, -0.15) is 5.48 Å². The number of nitrogens with one attached hydrogen (secondary N) is 1. The van der Waals surface area contributed by atoms with Crippen molar-refractivity contribution < 1.29 is 18.0 Å². The Labute approximate surface area is 197 Å². The fourth-order valence-electron chi connectivity index (χ4n) is 3.74. The number of sulfone groups is 1. The molecular formula is C25H24N4O4S. The average Bonchev–Trinajstić information content (AvgIpc) is 2.83. The van der Waals surface area contributed by atoms with E-state index in [0.29, 0.717) is 5.82 Å². The summed E-state index contributed by atoms with van der Waals surface area (Å²) in [4.78, 5) is 24.8. The van der Waals surface area contributed by atoms with E-state index in [4.69, 9.17) is 10.6 Å². The van der Waals surface area contributed by atoms with Crippen LogP contribution in [0.1, 0.15) is 11.6 Å². The third-order valence-electron chi connectivity index (χ3n) is 5.45. The number of hydrogen-bond donors (Lipinski definition) is 2. The number of carbonyl (C=O) groups is 1. The van der Waals surface area contributed by atoms with Crippen LogP contribution < -0.4 is 21.0 Å². The Bertz CT molecular complexity index is 1440. The highest BCUT2D eigenvalue weighted by Gasteiger charge is 2.27. The molecule has 174 valence electrons. The molecule has 1 heterocycles. The molecule has 1 atom stereocenters. The average molecular weight is 477 g/mol. The summed E-state index contributed by atoms with van der Waals surface area (Å²) in [6, 6.07) is 22.1. The number of hydrogen-bond acceptors (Lipinski definition) is 7. The van der Waals surface area contributed by atoms with Gasteiger partial charge in [0.15, 0.2) is 15.6 Å². The predicted molar refractivity (Wildman–Crippen MR) is 132 cm³/mol. The molecule has 4 aromatic rings. The van der Waals surface area contributed by atoms with Crippen LogP contribution in [0, 0.1) is 0 Å². The SMILES string of the molecule is CN(c1ccc2ccnc(N)c2c1)C(C(=O)NOc1ccccc1S(C)(=O)=O)c1ccccc1. The first-order chi connectivity index (χ1) is 16.3. The summed E-state index contributed by atoms with van der Waals surface area (Å²) in [6.45, 7) is 0. The van der Waals surface area contributed by atoms with Crippen molar-refractivity contribution in [2.24, 2.45) is 0 Å². The van der Waals surface area contributed by atoms with Crippen LogP contribution in [0.3, 0.4) is 0 Å². The van der Waals surface area contributed by atoms with Gasteiger partial charge in [0.05, 0.1) is 0 Å². The summed E-state index contributed by atoms with van der Waals surface area (Å²) < 4.78 is 24.1. The number of benzene rings is 3. The van der Waals surface area contributed by atoms with Crippen LogP contribution in [-0.4, -0.2) is 32.6 Å². The zero-order valence-corrected chi connectivity index (χ0v) is 19.5. The molecule has 1 amide bonds. The van der Waals surface area contributed by atoms with Crippen molar-refractivity contribution in [3.8, 4) is 5.75 Å². The van der Waals surface area contributed by atoms with Crippen molar-refractivity contribution in [1.29, 1.82) is 0 Å². The van der Waals surface area contributed by atoms with Crippen LogP contribution in [0.5, 0.6) is 5.75 Å². The number of nitrogens with zero attached hydrogens (tertiary/aromatic N) is 2. The van der Waals surface area contributed by atoms with Gasteiger partial charge in [-0.15, -0.1) is 0 Å². The first-order valence-corrected chi connectivity index (χ1v) is 12.3. The molecule has 0 saturated carbocycles. The molecule has 0 aliphatic rings. The van der Waals surface area contributed by atoms with Crippen molar-refractivity contribution in [1.82, 2.24) is 10.5 Å². The van der Waals surface area contributed by atoms with Crippen LogP contribution in [0.4, 0.5) is 11.5 Å². The molecule has 0 radical (unpaired) electrons. The quantitative estimate of drug-likeness (QED) is 0.392. The molecule has 1 unspecified atom stereocenters. The normalized spacial score (nSPS) is 12.2. The van der Waals surface area contributed by atoms with Crippen molar-refractivity contribution >= 4 is 38.0 Å². The van der Waals surface area contributed by atoms with E-state index in [9.17, 15) is 13.2 Å². The summed E-state index contributed by atoms with van der Waals surface area (Å²) in [7, 11) is -1.76. The molecule has 0 fully saturated rings. The van der Waals surface area contributed by atoms with Gasteiger partial charge in [-0.25, -0.2) is 13.4 Å². The van der Waals surface area contributed by atoms with Gasteiger partial charge >= 0.3 is 0 Å². The largest absolute Gasteiger partial charge is 0.383 e. The molecular weight excluding hydrogens is 452 g/mol. The third kappa shape index (κ3) is 4.79. The predicted octanol–water partition coefficient (Wildman–Crippen LogP) is 3.51. The maximum absolute atomic E-state index is 13.4. The van der Waals surface area contributed by atoms with Crippen LogP contribution in [0.15, 0.2) is 90.0 Å². The maximum atomic E-state index is 13.4. The van der Waals surface area contributed by atoms with E-state index < -0.39 is 21.8 Å². The Morgan fingerprint density at radius 1 is 1.03 bits per heavy atom. The van der Waals surface area contributed by atoms with E-state index in [0.717, 1.165) is 28.3 Å². The first kappa shape index (κ1) is 23.1. The lowest BCUT2D eigenvalue weighted by atomic mass is 10.0. The smallest absolute Gasteiger partial charge is 0.279 e. The van der Waals surface area contributed by atoms with E-state index in [1.54, 1.807) is 30.3 Å². The van der Waals surface area contributed by atoms with Crippen LogP contribution >= 0.6 is 0 Å². The number of amides is 1. The fraction of sp³-hybridized carbons (Fsp3) is 0.120. The molecule has 3 aromatic carbocycles. The van der Waals surface area contributed by atoms with Crippen LogP contribution in [0.25, 0.3) is 10.8 Å². The minimum atomic E-state index is -3.54. The lowest BCUT2D eigenvalue weighted by molar-refractivity contribution is -0.129. The van der Waals surface area contributed by atoms with Crippen molar-refractivity contribution in [2.45, 2.75) is 10.9 Å². The van der Waals surface area contributed by atoms with Gasteiger partial charge in [-0.3, -0.25) is 4.79 Å². The summed E-state index contributed by atoms with van der Waals surface area (Å²) in [5, 5.41) is 1.71. The second kappa shape index (κ2) is 9.40. The van der Waals surface area contributed by atoms with Gasteiger partial charge < -0.3 is 15.5 Å². The number of hydroxylamine groups is 1. The summed E-state index contributed by atoms with van der Waals surface area (Å²) >= 11 is 0. The highest BCUT2D eigenvalue weighted by atomic mass is 32.2. The van der Waals surface area contributed by atoms with Gasteiger partial charge in [0.1, 0.15) is 16.8 Å². The lowest BCUT2D eigenvalue weighted by Crippen LogP contribution is -2.40. The monoisotopic (exact) mass is 476 g/mol. The second-order valence-corrected chi connectivity index (χ2v) is 9.80. The van der Waals surface area contributed by atoms with Crippen molar-refractivity contribution in [3.63, 3.8) is 0 Å². The van der Waals surface area contributed by atoms with Gasteiger partial charge in [0, 0.05) is 30.6 Å². The van der Waals surface area contributed by atoms with Crippen LogP contribution in [0.2, 0.25) is 0 Å². The number of pyridine rings is 1. The van der Waals surface area contributed by atoms with Crippen molar-refractivity contribution in [3.05, 3.63) is 90.6 Å². The Morgan fingerprint density at radius 2 is 1.74 bits per heavy atom. The molecule has 34 heavy (non-hydrogen) atoms. The topological polar surface area (TPSA) is 115 Å². The molecule has 0 saturated heterocycles. The molecule has 0 aliphatic carbocycles. The van der Waals surface area contributed by atoms with Gasteiger partial charge in [0.25, 0.3) is 5.91 Å². The molecule has 3 N–H and O–H groups in total.